The van der Waals surface area contributed by atoms with Crippen molar-refractivity contribution in [2.75, 3.05) is 13.1 Å². The third-order valence-electron chi connectivity index (χ3n) is 5.47. The molecule has 0 atom stereocenters. The van der Waals surface area contributed by atoms with Crippen LogP contribution in [0.2, 0.25) is 0 Å². The van der Waals surface area contributed by atoms with Crippen molar-refractivity contribution < 1.29 is 4.39 Å². The lowest BCUT2D eigenvalue weighted by molar-refractivity contribution is 0.356. The Balaban J connectivity index is 1.86. The summed E-state index contributed by atoms with van der Waals surface area (Å²) < 4.78 is 14.3. The monoisotopic (exact) mass is 441 g/mol. The van der Waals surface area contributed by atoms with Crippen LogP contribution in [0.1, 0.15) is 39.2 Å². The van der Waals surface area contributed by atoms with Crippen molar-refractivity contribution in [3.05, 3.63) is 103 Å². The zero-order valence-corrected chi connectivity index (χ0v) is 19.8. The number of hydrogen-bond acceptors (Lipinski definition) is 3. The smallest absolute Gasteiger partial charge is 0.132 e. The summed E-state index contributed by atoms with van der Waals surface area (Å²) >= 11 is 0. The van der Waals surface area contributed by atoms with Crippen LogP contribution in [0.5, 0.6) is 0 Å². The molecule has 3 aromatic rings. The maximum Gasteiger partial charge on any atom is 0.132 e. The highest BCUT2D eigenvalue weighted by Crippen LogP contribution is 2.28. The van der Waals surface area contributed by atoms with Crippen LogP contribution in [-0.4, -0.2) is 28.0 Å². The van der Waals surface area contributed by atoms with E-state index in [1.54, 1.807) is 18.3 Å². The Bertz CT molecular complexity index is 1140. The van der Waals surface area contributed by atoms with Gasteiger partial charge in [-0.25, -0.2) is 4.39 Å². The van der Waals surface area contributed by atoms with Gasteiger partial charge in [-0.05, 0) is 67.3 Å². The summed E-state index contributed by atoms with van der Waals surface area (Å²) in [6.45, 7) is 12.7. The van der Waals surface area contributed by atoms with E-state index in [9.17, 15) is 4.39 Å². The molecular weight excluding hydrogens is 409 g/mol. The first-order chi connectivity index (χ1) is 16.1. The third kappa shape index (κ3) is 6.26. The van der Waals surface area contributed by atoms with Gasteiger partial charge in [-0.2, -0.15) is 0 Å². The average molecular weight is 442 g/mol. The van der Waals surface area contributed by atoms with Gasteiger partial charge in [0.2, 0.25) is 0 Å². The van der Waals surface area contributed by atoms with Crippen LogP contribution in [-0.2, 0) is 0 Å². The molecule has 0 saturated carbocycles. The van der Waals surface area contributed by atoms with Crippen LogP contribution in [0.25, 0.3) is 28.0 Å². The lowest BCUT2D eigenvalue weighted by Gasteiger charge is -2.23. The largest absolute Gasteiger partial charge is 0.372 e. The van der Waals surface area contributed by atoms with Crippen molar-refractivity contribution in [2.24, 2.45) is 0 Å². The van der Waals surface area contributed by atoms with Crippen LogP contribution in [0.4, 0.5) is 4.39 Å². The van der Waals surface area contributed by atoms with Crippen molar-refractivity contribution in [2.45, 2.75) is 33.6 Å². The molecule has 0 amide bonds. The minimum atomic E-state index is -0.282. The topological polar surface area (TPSA) is 29.0 Å². The number of hydrogen-bond donors (Lipinski definition) is 0. The molecule has 3 nitrogen and oxygen atoms in total. The second-order valence-electron chi connectivity index (χ2n) is 7.93. The van der Waals surface area contributed by atoms with E-state index in [1.807, 2.05) is 37.5 Å². The van der Waals surface area contributed by atoms with Gasteiger partial charge < -0.3 is 4.90 Å². The van der Waals surface area contributed by atoms with Crippen LogP contribution in [0.15, 0.2) is 91.6 Å². The molecule has 3 rings (SSSR count). The summed E-state index contributed by atoms with van der Waals surface area (Å²) in [6.07, 6.45) is 13.8. The van der Waals surface area contributed by atoms with Crippen LogP contribution in [0, 0.1) is 5.82 Å². The molecule has 0 unspecified atom stereocenters. The number of halogens is 1. The molecule has 0 radical (unpaired) electrons. The Morgan fingerprint density at radius 1 is 1.00 bits per heavy atom. The highest BCUT2D eigenvalue weighted by Gasteiger charge is 2.09. The Kier molecular flexibility index (Phi) is 8.71. The molecule has 2 heterocycles. The SMILES string of the molecule is C=C(/C=C\C(=C/C)c1cncc(-c2ccnc(-c3ccccc3F)c2)c1)N(CCC)CCC. The van der Waals surface area contributed by atoms with Gasteiger partial charge in [-0.15, -0.1) is 0 Å². The molecule has 0 aliphatic heterocycles. The quantitative estimate of drug-likeness (QED) is 0.304. The van der Waals surface area contributed by atoms with Crippen LogP contribution < -0.4 is 0 Å². The summed E-state index contributed by atoms with van der Waals surface area (Å²) in [5.41, 5.74) is 6.10. The first-order valence-electron chi connectivity index (χ1n) is 11.5. The molecule has 0 fully saturated rings. The van der Waals surface area contributed by atoms with Crippen LogP contribution in [0.3, 0.4) is 0 Å². The number of allylic oxidation sites excluding steroid dienone is 4. The molecule has 0 aliphatic rings. The lowest BCUT2D eigenvalue weighted by atomic mass is 10.0. The van der Waals surface area contributed by atoms with Gasteiger partial charge in [0, 0.05) is 54.1 Å². The highest BCUT2D eigenvalue weighted by molar-refractivity contribution is 5.78. The number of pyridine rings is 2. The Morgan fingerprint density at radius 3 is 2.45 bits per heavy atom. The average Bonchev–Trinajstić information content (AvgIpc) is 2.85. The summed E-state index contributed by atoms with van der Waals surface area (Å²) in [4.78, 5) is 11.2. The second kappa shape index (κ2) is 11.9. The fourth-order valence-corrected chi connectivity index (χ4v) is 3.77. The Morgan fingerprint density at radius 2 is 1.76 bits per heavy atom. The number of benzene rings is 1. The molecule has 0 saturated heterocycles. The van der Waals surface area contributed by atoms with Crippen molar-refractivity contribution in [1.29, 1.82) is 0 Å². The standard InChI is InChI=1S/C29H32FN3/c1-5-16-33(17-6-2)22(4)12-13-23(7-3)25-18-26(21-31-20-25)24-14-15-32-29(19-24)27-10-8-9-11-28(27)30/h7-15,18-21H,4-6,16-17H2,1-3H3/b13-12-,23-7+. The predicted octanol–water partition coefficient (Wildman–Crippen LogP) is 7.54. The minimum Gasteiger partial charge on any atom is -0.372 e. The lowest BCUT2D eigenvalue weighted by Crippen LogP contribution is -2.23. The molecule has 170 valence electrons. The van der Waals surface area contributed by atoms with E-state index in [2.05, 4.69) is 59.6 Å². The minimum absolute atomic E-state index is 0.282. The van der Waals surface area contributed by atoms with E-state index in [4.69, 9.17) is 0 Å². The zero-order chi connectivity index (χ0) is 23.6. The highest BCUT2D eigenvalue weighted by atomic mass is 19.1. The zero-order valence-electron chi connectivity index (χ0n) is 19.8. The molecule has 1 aromatic carbocycles. The molecule has 33 heavy (non-hydrogen) atoms. The van der Waals surface area contributed by atoms with Gasteiger partial charge in [0.1, 0.15) is 5.82 Å². The fraction of sp³-hybridized carbons (Fsp3) is 0.241. The maximum atomic E-state index is 14.3. The molecular formula is C29H32FN3. The summed E-state index contributed by atoms with van der Waals surface area (Å²) in [5.74, 6) is -0.282. The summed E-state index contributed by atoms with van der Waals surface area (Å²) in [6, 6.07) is 12.6. The first-order valence-corrected chi connectivity index (χ1v) is 11.5. The fourth-order valence-electron chi connectivity index (χ4n) is 3.77. The normalized spacial score (nSPS) is 11.7. The predicted molar refractivity (Wildman–Crippen MR) is 137 cm³/mol. The van der Waals surface area contributed by atoms with Crippen molar-refractivity contribution in [3.63, 3.8) is 0 Å². The Labute approximate surface area is 197 Å². The van der Waals surface area contributed by atoms with Gasteiger partial charge in [-0.3, -0.25) is 9.97 Å². The molecule has 0 spiro atoms. The number of rotatable bonds is 10. The third-order valence-corrected chi connectivity index (χ3v) is 5.47. The van der Waals surface area contributed by atoms with Gasteiger partial charge in [0.25, 0.3) is 0 Å². The van der Waals surface area contributed by atoms with Gasteiger partial charge >= 0.3 is 0 Å². The van der Waals surface area contributed by atoms with Gasteiger partial charge in [0.05, 0.1) is 5.69 Å². The van der Waals surface area contributed by atoms with E-state index in [1.165, 1.54) is 6.07 Å². The number of aromatic nitrogens is 2. The van der Waals surface area contributed by atoms with Crippen molar-refractivity contribution in [3.8, 4) is 22.4 Å². The molecule has 0 N–H and O–H groups in total. The molecule has 2 aromatic heterocycles. The van der Waals surface area contributed by atoms with E-state index in [-0.39, 0.29) is 5.82 Å². The van der Waals surface area contributed by atoms with Gasteiger partial charge in [-0.1, -0.05) is 44.7 Å². The van der Waals surface area contributed by atoms with E-state index >= 15 is 0 Å². The van der Waals surface area contributed by atoms with E-state index in [0.717, 1.165) is 53.9 Å². The molecule has 0 aliphatic carbocycles. The van der Waals surface area contributed by atoms with Crippen LogP contribution >= 0.6 is 0 Å². The summed E-state index contributed by atoms with van der Waals surface area (Å²) in [5, 5.41) is 0. The van der Waals surface area contributed by atoms with Crippen molar-refractivity contribution in [1.82, 2.24) is 14.9 Å². The Hall–Kier alpha value is -3.53. The van der Waals surface area contributed by atoms with E-state index < -0.39 is 0 Å². The summed E-state index contributed by atoms with van der Waals surface area (Å²) in [7, 11) is 0. The molecule has 4 heteroatoms. The van der Waals surface area contributed by atoms with Crippen molar-refractivity contribution >= 4 is 5.57 Å². The first kappa shape index (κ1) is 24.1. The number of nitrogens with zero attached hydrogens (tertiary/aromatic N) is 3. The maximum absolute atomic E-state index is 14.3. The second-order valence-corrected chi connectivity index (χ2v) is 7.93. The van der Waals surface area contributed by atoms with E-state index in [0.29, 0.717) is 11.3 Å². The molecule has 0 bridgehead atoms. The van der Waals surface area contributed by atoms with Gasteiger partial charge in [0.15, 0.2) is 0 Å².